The first-order valence-corrected chi connectivity index (χ1v) is 13.7. The average Bonchev–Trinajstić information content (AvgIpc) is 3.79. The maximum Gasteiger partial charge on any atom is 0.282 e. The van der Waals surface area contributed by atoms with Gasteiger partial charge in [-0.1, -0.05) is 12.5 Å². The average molecular weight is 549 g/mol. The van der Waals surface area contributed by atoms with Crippen LogP contribution in [-0.2, 0) is 16.0 Å². The normalized spacial score (nSPS) is 21.8. The van der Waals surface area contributed by atoms with E-state index in [1.807, 2.05) is 18.2 Å². The summed E-state index contributed by atoms with van der Waals surface area (Å²) in [5.41, 5.74) is 2.26. The van der Waals surface area contributed by atoms with Crippen molar-refractivity contribution >= 4 is 29.3 Å². The van der Waals surface area contributed by atoms with Gasteiger partial charge in [-0.3, -0.25) is 9.59 Å². The summed E-state index contributed by atoms with van der Waals surface area (Å²) in [6, 6.07) is 12.5. The Labute approximate surface area is 230 Å². The van der Waals surface area contributed by atoms with Crippen molar-refractivity contribution in [1.82, 2.24) is 25.4 Å². The summed E-state index contributed by atoms with van der Waals surface area (Å²) in [5, 5.41) is 22.8. The highest BCUT2D eigenvalue weighted by atomic mass is 19.3. The van der Waals surface area contributed by atoms with Gasteiger partial charge in [0.1, 0.15) is 5.82 Å². The van der Waals surface area contributed by atoms with Crippen molar-refractivity contribution < 1.29 is 18.4 Å². The third-order valence-corrected chi connectivity index (χ3v) is 7.65. The first-order valence-electron chi connectivity index (χ1n) is 13.7. The fourth-order valence-corrected chi connectivity index (χ4v) is 5.32. The molecule has 0 radical (unpaired) electrons. The summed E-state index contributed by atoms with van der Waals surface area (Å²) >= 11 is 0. The van der Waals surface area contributed by atoms with Crippen LogP contribution in [0.2, 0.25) is 0 Å². The molecule has 3 fully saturated rings. The Kier molecular flexibility index (Phi) is 7.07. The van der Waals surface area contributed by atoms with Crippen LogP contribution >= 0.6 is 0 Å². The molecular weight excluding hydrogens is 518 g/mol. The second-order valence-electron chi connectivity index (χ2n) is 10.9. The number of carbonyl (C=O) groups excluding carboxylic acids is 2. The van der Waals surface area contributed by atoms with Crippen molar-refractivity contribution in [3.63, 3.8) is 0 Å². The Hall–Kier alpha value is -4.09. The molecule has 1 saturated heterocycles. The number of pyridine rings is 1. The van der Waals surface area contributed by atoms with Gasteiger partial charge in [0.15, 0.2) is 11.6 Å². The summed E-state index contributed by atoms with van der Waals surface area (Å²) in [4.78, 5) is 30.3. The van der Waals surface area contributed by atoms with Gasteiger partial charge in [0.2, 0.25) is 11.8 Å². The lowest BCUT2D eigenvalue weighted by Gasteiger charge is -2.39. The molecule has 40 heavy (non-hydrogen) atoms. The number of hydrogen-bond acceptors (Lipinski definition) is 8. The number of amides is 2. The van der Waals surface area contributed by atoms with Crippen molar-refractivity contribution in [2.24, 2.45) is 5.92 Å². The van der Waals surface area contributed by atoms with E-state index in [4.69, 9.17) is 0 Å². The van der Waals surface area contributed by atoms with Gasteiger partial charge in [-0.25, -0.2) is 13.8 Å². The molecule has 2 saturated carbocycles. The van der Waals surface area contributed by atoms with Crippen LogP contribution in [0.15, 0.2) is 42.5 Å². The molecule has 2 atom stereocenters. The van der Waals surface area contributed by atoms with E-state index >= 15 is 0 Å². The van der Waals surface area contributed by atoms with Gasteiger partial charge >= 0.3 is 0 Å². The van der Waals surface area contributed by atoms with Gasteiger partial charge < -0.3 is 15.5 Å². The van der Waals surface area contributed by atoms with Gasteiger partial charge in [0.25, 0.3) is 5.92 Å². The van der Waals surface area contributed by atoms with Gasteiger partial charge in [0, 0.05) is 17.8 Å². The molecule has 2 amide bonds. The molecule has 3 aliphatic rings. The molecule has 0 bridgehead atoms. The van der Waals surface area contributed by atoms with Gasteiger partial charge in [-0.2, -0.15) is 10.2 Å². The van der Waals surface area contributed by atoms with Crippen molar-refractivity contribution in [3.8, 4) is 0 Å². The molecule has 3 aromatic heterocycles. The highest BCUT2D eigenvalue weighted by Crippen LogP contribution is 2.40. The number of alkyl halides is 2. The molecule has 0 aromatic carbocycles. The number of hydrogen-bond donors (Lipinski definition) is 2. The monoisotopic (exact) mass is 548 g/mol. The van der Waals surface area contributed by atoms with Gasteiger partial charge in [-0.05, 0) is 68.5 Å². The lowest BCUT2D eigenvalue weighted by molar-refractivity contribution is -0.117. The number of halogens is 2. The quantitative estimate of drug-likeness (QED) is 0.431. The molecule has 3 aromatic rings. The molecule has 6 rings (SSSR count). The van der Waals surface area contributed by atoms with E-state index in [1.165, 1.54) is 4.90 Å². The third kappa shape index (κ3) is 6.21. The van der Waals surface area contributed by atoms with Crippen LogP contribution in [0.25, 0.3) is 0 Å². The Bertz CT molecular complexity index is 1370. The molecule has 2 aliphatic carbocycles. The molecule has 2 N–H and O–H groups in total. The number of nitrogens with one attached hydrogen (secondary N) is 2. The molecule has 12 heteroatoms. The zero-order valence-corrected chi connectivity index (χ0v) is 21.9. The molecule has 208 valence electrons. The molecule has 0 spiro atoms. The maximum atomic E-state index is 13.2. The zero-order chi connectivity index (χ0) is 27.7. The summed E-state index contributed by atoms with van der Waals surface area (Å²) in [6.45, 7) is -0.724. The molecule has 1 aliphatic heterocycles. The minimum atomic E-state index is -2.69. The van der Waals surface area contributed by atoms with Crippen molar-refractivity contribution in [2.75, 3.05) is 28.6 Å². The van der Waals surface area contributed by atoms with E-state index < -0.39 is 5.92 Å². The highest BCUT2D eigenvalue weighted by molar-refractivity contribution is 5.93. The number of carbonyl (C=O) groups is 2. The molecular formula is C28H30F2N8O2. The van der Waals surface area contributed by atoms with Crippen LogP contribution in [0.5, 0.6) is 0 Å². The summed E-state index contributed by atoms with van der Waals surface area (Å²) < 4.78 is 26.4. The minimum absolute atomic E-state index is 0.00407. The third-order valence-electron chi connectivity index (χ3n) is 7.65. The van der Waals surface area contributed by atoms with Crippen LogP contribution in [0.3, 0.4) is 0 Å². The van der Waals surface area contributed by atoms with E-state index in [9.17, 15) is 18.4 Å². The molecule has 1 unspecified atom stereocenters. The van der Waals surface area contributed by atoms with Crippen LogP contribution in [0.4, 0.5) is 26.2 Å². The Morgan fingerprint density at radius 2 is 1.50 bits per heavy atom. The van der Waals surface area contributed by atoms with Crippen molar-refractivity contribution in [3.05, 3.63) is 59.5 Å². The minimum Gasteiger partial charge on any atom is -0.344 e. The summed E-state index contributed by atoms with van der Waals surface area (Å²) in [7, 11) is 0. The first-order chi connectivity index (χ1) is 19.3. The predicted octanol–water partition coefficient (Wildman–Crippen LogP) is 4.09. The Morgan fingerprint density at radius 3 is 2.08 bits per heavy atom. The van der Waals surface area contributed by atoms with Crippen LogP contribution in [0, 0.1) is 5.92 Å². The lowest BCUT2D eigenvalue weighted by Crippen LogP contribution is -2.56. The number of anilines is 3. The van der Waals surface area contributed by atoms with Crippen molar-refractivity contribution in [1.29, 1.82) is 0 Å². The highest BCUT2D eigenvalue weighted by Gasteiger charge is 2.44. The van der Waals surface area contributed by atoms with E-state index in [-0.39, 0.29) is 49.1 Å². The molecule has 4 heterocycles. The second-order valence-corrected chi connectivity index (χ2v) is 10.9. The first kappa shape index (κ1) is 26.1. The van der Waals surface area contributed by atoms with Gasteiger partial charge in [-0.15, -0.1) is 10.2 Å². The molecule has 10 nitrogen and oxygen atoms in total. The number of rotatable bonds is 8. The second kappa shape index (κ2) is 10.8. The maximum absolute atomic E-state index is 13.2. The summed E-state index contributed by atoms with van der Waals surface area (Å²) in [5.74, 6) is -1.14. The zero-order valence-electron chi connectivity index (χ0n) is 21.9. The fraction of sp³-hybridized carbons (Fsp3) is 0.464. The van der Waals surface area contributed by atoms with Crippen LogP contribution in [0.1, 0.15) is 67.4 Å². The van der Waals surface area contributed by atoms with E-state index in [0.29, 0.717) is 23.1 Å². The standard InChI is InChI=1S/C28H30F2N8O2/c29-28(30)15-38(16-28)25-6-2-5-20(31-25)14-26(39)32-23-11-9-21(34-36-23)18-3-1-4-19(13-18)22-10-12-24(37-35-22)33-27(40)17-7-8-17/h2,5-6,9-12,17-19H,1,3-4,7-8,13-16H2,(H,32,36,39)(H,33,37,40)/t18?,19-/m0/s1. The Morgan fingerprint density at radius 1 is 0.850 bits per heavy atom. The lowest BCUT2D eigenvalue weighted by atomic mass is 9.78. The smallest absolute Gasteiger partial charge is 0.282 e. The number of aromatic nitrogens is 5. The fourth-order valence-electron chi connectivity index (χ4n) is 5.32. The SMILES string of the molecule is O=C(Cc1cccc(N2CC(F)(F)C2)n1)Nc1ccc(C2CCC[C@H](c3ccc(NC(=O)C4CC4)nn3)C2)nn1. The van der Waals surface area contributed by atoms with E-state index in [1.54, 1.807) is 24.3 Å². The van der Waals surface area contributed by atoms with Crippen LogP contribution < -0.4 is 15.5 Å². The van der Waals surface area contributed by atoms with E-state index in [2.05, 4.69) is 36.0 Å². The van der Waals surface area contributed by atoms with Crippen molar-refractivity contribution in [2.45, 2.75) is 62.7 Å². The predicted molar refractivity (Wildman–Crippen MR) is 143 cm³/mol. The van der Waals surface area contributed by atoms with E-state index in [0.717, 1.165) is 49.9 Å². The largest absolute Gasteiger partial charge is 0.344 e. The Balaban J connectivity index is 1.02. The number of nitrogens with zero attached hydrogens (tertiary/aromatic N) is 6. The topological polar surface area (TPSA) is 126 Å². The van der Waals surface area contributed by atoms with Gasteiger partial charge in [0.05, 0.1) is 36.6 Å². The summed E-state index contributed by atoms with van der Waals surface area (Å²) in [6.07, 6.45) is 5.77. The van der Waals surface area contributed by atoms with Crippen LogP contribution in [-0.4, -0.2) is 56.2 Å².